The number of alkyl halides is 2. The predicted molar refractivity (Wildman–Crippen MR) is 60.0 cm³/mol. The maximum Gasteiger partial charge on any atom is 0.294 e. The summed E-state index contributed by atoms with van der Waals surface area (Å²) in [5, 5.41) is 10.8. The summed E-state index contributed by atoms with van der Waals surface area (Å²) in [5.74, 6) is -4.46. The van der Waals surface area contributed by atoms with E-state index in [-0.39, 0.29) is 11.1 Å². The van der Waals surface area contributed by atoms with Gasteiger partial charge in [0.25, 0.3) is 21.7 Å². The molecule has 0 spiro atoms. The van der Waals surface area contributed by atoms with Crippen molar-refractivity contribution in [2.24, 2.45) is 0 Å². The Labute approximate surface area is 106 Å². The first-order valence-corrected chi connectivity index (χ1v) is 6.63. The molecule has 1 saturated carbocycles. The lowest BCUT2D eigenvalue weighted by Gasteiger charge is -2.09. The Hall–Kier alpha value is -1.61. The lowest BCUT2D eigenvalue weighted by Crippen LogP contribution is -2.07. The Kier molecular flexibility index (Phi) is 2.86. The highest BCUT2D eigenvalue weighted by Crippen LogP contribution is 2.58. The second kappa shape index (κ2) is 3.94. The van der Waals surface area contributed by atoms with E-state index in [1.807, 2.05) is 0 Å². The first-order chi connectivity index (χ1) is 8.55. The van der Waals surface area contributed by atoms with Crippen LogP contribution in [0, 0.1) is 17.0 Å². The van der Waals surface area contributed by atoms with Crippen LogP contribution in [0.1, 0.15) is 23.5 Å². The van der Waals surface area contributed by atoms with Gasteiger partial charge in [0.1, 0.15) is 0 Å². The van der Waals surface area contributed by atoms with Crippen LogP contribution in [0.2, 0.25) is 0 Å². The minimum atomic E-state index is -4.61. The van der Waals surface area contributed by atoms with Crippen LogP contribution in [0.25, 0.3) is 0 Å². The number of nitro groups is 1. The lowest BCUT2D eigenvalue weighted by molar-refractivity contribution is -0.385. The average Bonchev–Trinajstić information content (AvgIpc) is 2.84. The fourth-order valence-electron chi connectivity index (χ4n) is 2.10. The number of hydrogen-bond acceptors (Lipinski definition) is 4. The number of hydrogen-bond donors (Lipinski definition) is 1. The van der Waals surface area contributed by atoms with Crippen molar-refractivity contribution >= 4 is 15.8 Å². The molecule has 6 nitrogen and oxygen atoms in total. The van der Waals surface area contributed by atoms with Gasteiger partial charge >= 0.3 is 0 Å². The van der Waals surface area contributed by atoms with Crippen molar-refractivity contribution in [1.29, 1.82) is 0 Å². The highest BCUT2D eigenvalue weighted by molar-refractivity contribution is 7.85. The zero-order chi connectivity index (χ0) is 14.6. The molecule has 1 N–H and O–H groups in total. The summed E-state index contributed by atoms with van der Waals surface area (Å²) in [6.45, 7) is 1.17. The van der Waals surface area contributed by atoms with Crippen molar-refractivity contribution in [3.05, 3.63) is 33.4 Å². The number of nitrogens with zero attached hydrogens (tertiary/aromatic N) is 1. The van der Waals surface area contributed by atoms with E-state index in [9.17, 15) is 27.3 Å². The standard InChI is InChI=1S/C10H9F2NO5S/c1-5-8(19(16,17)18)3-2-7(13(14)15)9(5)6-4-10(6,11)12/h2-3,6H,4H2,1H3,(H,16,17,18)/t6-/m0/s1. The number of halogens is 2. The average molecular weight is 293 g/mol. The Morgan fingerprint density at radius 3 is 2.37 bits per heavy atom. The van der Waals surface area contributed by atoms with Crippen LogP contribution in [-0.4, -0.2) is 23.8 Å². The van der Waals surface area contributed by atoms with Crippen molar-refractivity contribution in [3.8, 4) is 0 Å². The molecule has 19 heavy (non-hydrogen) atoms. The molecule has 2 rings (SSSR count). The van der Waals surface area contributed by atoms with Gasteiger partial charge in [-0.3, -0.25) is 14.7 Å². The smallest absolute Gasteiger partial charge is 0.282 e. The highest BCUT2D eigenvalue weighted by atomic mass is 32.2. The summed E-state index contributed by atoms with van der Waals surface area (Å²) in [6, 6.07) is 1.66. The molecule has 1 aliphatic carbocycles. The molecular weight excluding hydrogens is 284 g/mol. The molecular formula is C10H9F2NO5S. The van der Waals surface area contributed by atoms with Crippen molar-refractivity contribution in [3.63, 3.8) is 0 Å². The second-order valence-electron chi connectivity index (χ2n) is 4.37. The minimum Gasteiger partial charge on any atom is -0.282 e. The van der Waals surface area contributed by atoms with Gasteiger partial charge in [0, 0.05) is 18.1 Å². The summed E-state index contributed by atoms with van der Waals surface area (Å²) < 4.78 is 57.3. The monoisotopic (exact) mass is 293 g/mol. The molecule has 1 aromatic carbocycles. The van der Waals surface area contributed by atoms with Gasteiger partial charge in [0.05, 0.1) is 15.7 Å². The highest BCUT2D eigenvalue weighted by Gasteiger charge is 2.60. The quantitative estimate of drug-likeness (QED) is 0.523. The van der Waals surface area contributed by atoms with Crippen LogP contribution < -0.4 is 0 Å². The van der Waals surface area contributed by atoms with Crippen molar-refractivity contribution in [1.82, 2.24) is 0 Å². The number of benzene rings is 1. The Bertz CT molecular complexity index is 671. The maximum atomic E-state index is 13.1. The zero-order valence-corrected chi connectivity index (χ0v) is 10.4. The third-order valence-corrected chi connectivity index (χ3v) is 4.09. The molecule has 104 valence electrons. The van der Waals surface area contributed by atoms with Gasteiger partial charge in [-0.1, -0.05) is 0 Å². The van der Waals surface area contributed by atoms with E-state index in [2.05, 4.69) is 0 Å². The van der Waals surface area contributed by atoms with Gasteiger partial charge in [0.15, 0.2) is 0 Å². The fourth-order valence-corrected chi connectivity index (χ4v) is 2.84. The van der Waals surface area contributed by atoms with Gasteiger partial charge in [-0.15, -0.1) is 0 Å². The molecule has 0 aliphatic heterocycles. The fraction of sp³-hybridized carbons (Fsp3) is 0.400. The van der Waals surface area contributed by atoms with E-state index < -0.39 is 43.9 Å². The molecule has 0 radical (unpaired) electrons. The third-order valence-electron chi connectivity index (χ3n) is 3.09. The van der Waals surface area contributed by atoms with Gasteiger partial charge in [0.2, 0.25) is 0 Å². The van der Waals surface area contributed by atoms with E-state index in [4.69, 9.17) is 4.55 Å². The van der Waals surface area contributed by atoms with E-state index >= 15 is 0 Å². The Morgan fingerprint density at radius 1 is 1.47 bits per heavy atom. The molecule has 0 aromatic heterocycles. The normalized spacial score (nSPS) is 21.2. The molecule has 0 saturated heterocycles. The topological polar surface area (TPSA) is 97.5 Å². The van der Waals surface area contributed by atoms with Gasteiger partial charge in [-0.05, 0) is 18.6 Å². The first-order valence-electron chi connectivity index (χ1n) is 5.19. The van der Waals surface area contributed by atoms with Crippen molar-refractivity contribution < 1.29 is 26.7 Å². The summed E-state index contributed by atoms with van der Waals surface area (Å²) in [4.78, 5) is 9.40. The zero-order valence-electron chi connectivity index (χ0n) is 9.63. The molecule has 0 amide bonds. The van der Waals surface area contributed by atoms with E-state index in [0.29, 0.717) is 0 Å². The van der Waals surface area contributed by atoms with Gasteiger partial charge in [-0.25, -0.2) is 8.78 Å². The van der Waals surface area contributed by atoms with Crippen LogP contribution in [0.5, 0.6) is 0 Å². The predicted octanol–water partition coefficient (Wildman–Crippen LogP) is 2.27. The summed E-state index contributed by atoms with van der Waals surface area (Å²) in [7, 11) is -4.61. The van der Waals surface area contributed by atoms with Crippen LogP contribution in [0.3, 0.4) is 0 Å². The Balaban J connectivity index is 2.70. The summed E-state index contributed by atoms with van der Waals surface area (Å²) in [5.41, 5.74) is -1.10. The van der Waals surface area contributed by atoms with Crippen molar-refractivity contribution in [2.75, 3.05) is 0 Å². The molecule has 1 aliphatic rings. The first kappa shape index (κ1) is 13.8. The summed E-state index contributed by atoms with van der Waals surface area (Å²) >= 11 is 0. The second-order valence-corrected chi connectivity index (χ2v) is 5.76. The molecule has 0 heterocycles. The van der Waals surface area contributed by atoms with Gasteiger partial charge in [-0.2, -0.15) is 8.42 Å². The van der Waals surface area contributed by atoms with Crippen LogP contribution in [0.15, 0.2) is 17.0 Å². The molecule has 0 bridgehead atoms. The third kappa shape index (κ3) is 2.30. The largest absolute Gasteiger partial charge is 0.294 e. The molecule has 9 heteroatoms. The minimum absolute atomic E-state index is 0.209. The van der Waals surface area contributed by atoms with Crippen LogP contribution in [0.4, 0.5) is 14.5 Å². The molecule has 1 fully saturated rings. The number of rotatable bonds is 3. The van der Waals surface area contributed by atoms with E-state index in [1.165, 1.54) is 6.92 Å². The lowest BCUT2D eigenvalue weighted by atomic mass is 10.0. The Morgan fingerprint density at radius 2 is 2.00 bits per heavy atom. The SMILES string of the molecule is Cc1c(S(=O)(=O)O)ccc([N+](=O)[O-])c1[C@@H]1CC1(F)F. The van der Waals surface area contributed by atoms with Crippen molar-refractivity contribution in [2.45, 2.75) is 30.1 Å². The molecule has 1 atom stereocenters. The van der Waals surface area contributed by atoms with E-state index in [0.717, 1.165) is 12.1 Å². The molecule has 1 aromatic rings. The molecule has 0 unspecified atom stereocenters. The summed E-state index contributed by atoms with van der Waals surface area (Å²) in [6.07, 6.45) is -0.566. The van der Waals surface area contributed by atoms with Gasteiger partial charge < -0.3 is 0 Å². The van der Waals surface area contributed by atoms with E-state index in [1.54, 1.807) is 0 Å². The maximum absolute atomic E-state index is 13.1. The number of nitro benzene ring substituents is 1. The van der Waals surface area contributed by atoms with Crippen LogP contribution in [-0.2, 0) is 10.1 Å². The van der Waals surface area contributed by atoms with Crippen LogP contribution >= 0.6 is 0 Å².